The molecule has 0 radical (unpaired) electrons. The fourth-order valence-electron chi connectivity index (χ4n) is 3.05. The van der Waals surface area contributed by atoms with Gasteiger partial charge in [0, 0.05) is 24.0 Å². The van der Waals surface area contributed by atoms with Gasteiger partial charge in [-0.2, -0.15) is 0 Å². The molecule has 0 aliphatic heterocycles. The number of fused-ring (bicyclic) bond motifs is 1. The molecule has 3 aromatic carbocycles. The van der Waals surface area contributed by atoms with Crippen LogP contribution in [-0.2, 0) is 4.79 Å². The first-order chi connectivity index (χ1) is 14.0. The lowest BCUT2D eigenvalue weighted by atomic mass is 10.1. The van der Waals surface area contributed by atoms with Crippen molar-refractivity contribution in [1.82, 2.24) is 9.55 Å². The maximum atomic E-state index is 14.1. The average molecular weight is 388 g/mol. The van der Waals surface area contributed by atoms with Crippen molar-refractivity contribution >= 4 is 34.2 Å². The highest BCUT2D eigenvalue weighted by molar-refractivity contribution is 6.05. The Morgan fingerprint density at radius 1 is 0.931 bits per heavy atom. The van der Waals surface area contributed by atoms with Crippen LogP contribution in [0.25, 0.3) is 16.7 Å². The Bertz CT molecular complexity index is 1220. The van der Waals surface area contributed by atoms with Gasteiger partial charge in [0.25, 0.3) is 5.91 Å². The zero-order valence-electron chi connectivity index (χ0n) is 15.5. The first-order valence-electron chi connectivity index (χ1n) is 8.92. The van der Waals surface area contributed by atoms with Crippen LogP contribution in [0.3, 0.4) is 0 Å². The Hall–Kier alpha value is -4.00. The fourth-order valence-corrected chi connectivity index (χ4v) is 3.05. The monoisotopic (exact) mass is 388 g/mol. The number of carbonyl (C=O) groups is 2. The van der Waals surface area contributed by atoms with Crippen LogP contribution in [0.2, 0.25) is 0 Å². The Balaban J connectivity index is 1.55. The highest BCUT2D eigenvalue weighted by Gasteiger charge is 2.14. The summed E-state index contributed by atoms with van der Waals surface area (Å²) >= 11 is 0. The predicted octanol–water partition coefficient (Wildman–Crippen LogP) is 4.38. The van der Waals surface area contributed by atoms with E-state index in [1.807, 2.05) is 41.0 Å². The number of nitrogens with one attached hydrogen (secondary N) is 2. The van der Waals surface area contributed by atoms with E-state index in [1.165, 1.54) is 19.1 Å². The van der Waals surface area contributed by atoms with Gasteiger partial charge in [0.05, 0.1) is 16.6 Å². The average Bonchev–Trinajstić information content (AvgIpc) is 3.14. The van der Waals surface area contributed by atoms with Crippen molar-refractivity contribution in [2.24, 2.45) is 0 Å². The van der Waals surface area contributed by atoms with E-state index in [-0.39, 0.29) is 11.5 Å². The second-order valence-corrected chi connectivity index (χ2v) is 6.48. The third-order valence-corrected chi connectivity index (χ3v) is 4.39. The molecule has 7 heteroatoms. The van der Waals surface area contributed by atoms with Crippen LogP contribution in [0.5, 0.6) is 0 Å². The number of anilines is 2. The molecule has 1 heterocycles. The highest BCUT2D eigenvalue weighted by Crippen LogP contribution is 2.21. The SMILES string of the molecule is CC(=O)Nc1ccc(F)c(C(=O)Nc2ccc(-n3cnc4ccccc43)cc2)c1. The van der Waals surface area contributed by atoms with E-state index < -0.39 is 11.7 Å². The number of hydrogen-bond acceptors (Lipinski definition) is 3. The molecule has 0 aliphatic rings. The van der Waals surface area contributed by atoms with E-state index in [4.69, 9.17) is 0 Å². The van der Waals surface area contributed by atoms with Crippen molar-refractivity contribution in [2.75, 3.05) is 10.6 Å². The summed E-state index contributed by atoms with van der Waals surface area (Å²) in [6, 6.07) is 18.8. The van der Waals surface area contributed by atoms with E-state index in [2.05, 4.69) is 15.6 Å². The summed E-state index contributed by atoms with van der Waals surface area (Å²) in [7, 11) is 0. The molecule has 0 spiro atoms. The fraction of sp³-hybridized carbons (Fsp3) is 0.0455. The number of amides is 2. The molecule has 2 N–H and O–H groups in total. The number of carbonyl (C=O) groups excluding carboxylic acids is 2. The van der Waals surface area contributed by atoms with Gasteiger partial charge in [0.15, 0.2) is 0 Å². The molecule has 0 aliphatic carbocycles. The van der Waals surface area contributed by atoms with Crippen LogP contribution in [0.15, 0.2) is 73.1 Å². The Morgan fingerprint density at radius 2 is 1.66 bits per heavy atom. The third-order valence-electron chi connectivity index (χ3n) is 4.39. The lowest BCUT2D eigenvalue weighted by Crippen LogP contribution is -2.15. The van der Waals surface area contributed by atoms with Crippen LogP contribution in [0, 0.1) is 5.82 Å². The van der Waals surface area contributed by atoms with Gasteiger partial charge in [-0.25, -0.2) is 9.37 Å². The second kappa shape index (κ2) is 7.55. The van der Waals surface area contributed by atoms with E-state index in [0.717, 1.165) is 22.8 Å². The number of halogens is 1. The Labute approximate surface area is 166 Å². The van der Waals surface area contributed by atoms with E-state index in [1.54, 1.807) is 18.5 Å². The number of imidazole rings is 1. The minimum atomic E-state index is -0.668. The highest BCUT2D eigenvalue weighted by atomic mass is 19.1. The summed E-state index contributed by atoms with van der Waals surface area (Å²) in [5, 5.41) is 5.21. The molecule has 144 valence electrons. The summed E-state index contributed by atoms with van der Waals surface area (Å²) in [6.07, 6.45) is 1.74. The number of aromatic nitrogens is 2. The predicted molar refractivity (Wildman–Crippen MR) is 110 cm³/mol. The third kappa shape index (κ3) is 3.84. The molecule has 0 fully saturated rings. The normalized spacial score (nSPS) is 10.7. The Morgan fingerprint density at radius 3 is 2.41 bits per heavy atom. The number of hydrogen-bond donors (Lipinski definition) is 2. The van der Waals surface area contributed by atoms with Crippen molar-refractivity contribution in [2.45, 2.75) is 6.92 Å². The van der Waals surface area contributed by atoms with E-state index in [0.29, 0.717) is 11.4 Å². The molecule has 0 saturated carbocycles. The van der Waals surface area contributed by atoms with Gasteiger partial charge < -0.3 is 10.6 Å². The topological polar surface area (TPSA) is 76.0 Å². The van der Waals surface area contributed by atoms with Crippen LogP contribution in [0.4, 0.5) is 15.8 Å². The lowest BCUT2D eigenvalue weighted by Gasteiger charge is -2.10. The van der Waals surface area contributed by atoms with Gasteiger partial charge in [-0.05, 0) is 54.6 Å². The maximum absolute atomic E-state index is 14.1. The standard InChI is InChI=1S/C22H17FN4O2/c1-14(28)25-16-8-11-19(23)18(12-16)22(29)26-15-6-9-17(10-7-15)27-13-24-20-4-2-3-5-21(20)27/h2-13H,1H3,(H,25,28)(H,26,29). The number of para-hydroxylation sites is 2. The molecule has 0 bridgehead atoms. The van der Waals surface area contributed by atoms with E-state index >= 15 is 0 Å². The number of nitrogens with zero attached hydrogens (tertiary/aromatic N) is 2. The van der Waals surface area contributed by atoms with Gasteiger partial charge in [0.1, 0.15) is 12.1 Å². The quantitative estimate of drug-likeness (QED) is 0.545. The molecular formula is C22H17FN4O2. The number of benzene rings is 3. The minimum absolute atomic E-state index is 0.152. The Kier molecular flexibility index (Phi) is 4.78. The van der Waals surface area contributed by atoms with Gasteiger partial charge in [-0.1, -0.05) is 12.1 Å². The summed E-state index contributed by atoms with van der Waals surface area (Å²) in [5.41, 5.74) is 3.47. The molecule has 0 saturated heterocycles. The molecule has 0 atom stereocenters. The number of rotatable bonds is 4. The molecular weight excluding hydrogens is 371 g/mol. The second-order valence-electron chi connectivity index (χ2n) is 6.48. The van der Waals surface area contributed by atoms with Crippen molar-refractivity contribution in [1.29, 1.82) is 0 Å². The van der Waals surface area contributed by atoms with Gasteiger partial charge >= 0.3 is 0 Å². The maximum Gasteiger partial charge on any atom is 0.258 e. The minimum Gasteiger partial charge on any atom is -0.326 e. The van der Waals surface area contributed by atoms with Crippen molar-refractivity contribution in [3.63, 3.8) is 0 Å². The summed E-state index contributed by atoms with van der Waals surface area (Å²) in [6.45, 7) is 1.34. The zero-order valence-corrected chi connectivity index (χ0v) is 15.5. The molecule has 4 rings (SSSR count). The largest absolute Gasteiger partial charge is 0.326 e. The summed E-state index contributed by atoms with van der Waals surface area (Å²) in [4.78, 5) is 28.0. The van der Waals surface area contributed by atoms with Gasteiger partial charge in [0.2, 0.25) is 5.91 Å². The molecule has 29 heavy (non-hydrogen) atoms. The molecule has 1 aromatic heterocycles. The van der Waals surface area contributed by atoms with Crippen LogP contribution < -0.4 is 10.6 Å². The lowest BCUT2D eigenvalue weighted by molar-refractivity contribution is -0.114. The molecule has 0 unspecified atom stereocenters. The van der Waals surface area contributed by atoms with Crippen molar-refractivity contribution in [3.8, 4) is 5.69 Å². The van der Waals surface area contributed by atoms with Crippen LogP contribution in [0.1, 0.15) is 17.3 Å². The smallest absolute Gasteiger partial charge is 0.258 e. The van der Waals surface area contributed by atoms with Crippen LogP contribution in [-0.4, -0.2) is 21.4 Å². The molecule has 4 aromatic rings. The summed E-state index contributed by atoms with van der Waals surface area (Å²) < 4.78 is 16.0. The van der Waals surface area contributed by atoms with Gasteiger partial charge in [-0.3, -0.25) is 14.2 Å². The summed E-state index contributed by atoms with van der Waals surface area (Å²) in [5.74, 6) is -1.57. The van der Waals surface area contributed by atoms with Crippen molar-refractivity contribution < 1.29 is 14.0 Å². The van der Waals surface area contributed by atoms with Crippen molar-refractivity contribution in [3.05, 3.63) is 84.4 Å². The first kappa shape index (κ1) is 18.4. The van der Waals surface area contributed by atoms with Crippen LogP contribution >= 0.6 is 0 Å². The van der Waals surface area contributed by atoms with E-state index in [9.17, 15) is 14.0 Å². The first-order valence-corrected chi connectivity index (χ1v) is 8.92. The molecule has 6 nitrogen and oxygen atoms in total. The zero-order chi connectivity index (χ0) is 20.4. The molecule has 2 amide bonds. The van der Waals surface area contributed by atoms with Gasteiger partial charge in [-0.15, -0.1) is 0 Å².